The molecule has 4 amide bonds. The predicted molar refractivity (Wildman–Crippen MR) is 528 cm³/mol. The number of likely N-dealkylation sites (N-methyl/N-ethyl adjacent to an activating group) is 4. The minimum atomic E-state index is -0.946. The third-order valence-corrected chi connectivity index (χ3v) is 24.8. The van der Waals surface area contributed by atoms with E-state index in [-0.39, 0.29) is 176 Å². The molecule has 12 heterocycles. The topological polar surface area (TPSA) is 416 Å². The van der Waals surface area contributed by atoms with Crippen molar-refractivity contribution in [3.8, 4) is 46.0 Å². The lowest BCUT2D eigenvalue weighted by Crippen LogP contribution is -2.44. The van der Waals surface area contributed by atoms with E-state index < -0.39 is 87.0 Å². The molecule has 35 nitrogen and oxygen atoms in total. The molecule has 4 aliphatic heterocycles. The fraction of sp³-hybridized carbons (Fsp3) is 0.299. The van der Waals surface area contributed by atoms with Crippen LogP contribution >= 0.6 is 0 Å². The van der Waals surface area contributed by atoms with Gasteiger partial charge in [0.1, 0.15) is 111 Å². The number of aromatic hydroxyl groups is 2. The van der Waals surface area contributed by atoms with Crippen LogP contribution in [0.4, 0.5) is 17.6 Å². The normalized spacial score (nSPS) is 14.3. The van der Waals surface area contributed by atoms with Crippen molar-refractivity contribution in [1.82, 2.24) is 63.5 Å². The molecule has 4 atom stereocenters. The third kappa shape index (κ3) is 22.6. The number of rotatable bonds is 29. The Hall–Kier alpha value is -16.9. The lowest BCUT2D eigenvalue weighted by Gasteiger charge is -2.32. The van der Waals surface area contributed by atoms with Gasteiger partial charge in [0.15, 0.2) is 62.7 Å². The Morgan fingerprint density at radius 1 is 0.377 bits per heavy atom. The molecular formula is C107H105F4N13O22. The molecule has 758 valence electrons. The summed E-state index contributed by atoms with van der Waals surface area (Å²) in [4.78, 5) is 163. The van der Waals surface area contributed by atoms with Crippen molar-refractivity contribution in [3.63, 3.8) is 0 Å². The molecule has 8 aromatic heterocycles. The van der Waals surface area contributed by atoms with Crippen LogP contribution in [0.15, 0.2) is 202 Å². The second-order valence-electron chi connectivity index (χ2n) is 35.0. The molecule has 0 bridgehead atoms. The lowest BCUT2D eigenvalue weighted by molar-refractivity contribution is -0.129. The maximum absolute atomic E-state index is 14.0. The molecule has 0 fully saturated rings. The van der Waals surface area contributed by atoms with Gasteiger partial charge in [0.25, 0.3) is 28.1 Å². The molecule has 0 saturated heterocycles. The molecule has 0 unspecified atom stereocenters. The minimum absolute atomic E-state index is 0.0149. The SMILES string of the molecule is CCOC(=O)c1c(O)c2ncc(Cc3ccc(F)cc3)c3c2n(c1=O)C[C@H](CN(C)C(C)=O)O3.CCOC(=O)c1c(OCc2ccccc2)c2ncc(Cc3ccc(F)cc3)c3c2n(c1=O)C[C@H](CN(C)C(C)=O)O3.CCOC(=O)c1c(OCc2ccccc2)c2ncc(Cc3ccc(F)cc3)c3c2n(c1=O)C[C@H](CNC)O3.CNC(=O)c1c(O)c2ncc(Cc3ccc(F)cc3)c3c2n(c1=O)C[C@H](CN(C)C(C)=O)O3. The van der Waals surface area contributed by atoms with Gasteiger partial charge < -0.3 is 78.2 Å². The van der Waals surface area contributed by atoms with Crippen LogP contribution in [-0.2, 0) is 93.7 Å². The van der Waals surface area contributed by atoms with E-state index >= 15 is 0 Å². The average Bonchev–Trinajstić information content (AvgIpc) is 0.723. The highest BCUT2D eigenvalue weighted by Gasteiger charge is 2.40. The number of amides is 4. The quantitative estimate of drug-likeness (QED) is 0.0192. The number of nitrogens with zero attached hydrogens (tertiary/aromatic N) is 11. The minimum Gasteiger partial charge on any atom is -0.505 e. The molecule has 4 aliphatic rings. The first kappa shape index (κ1) is 103. The van der Waals surface area contributed by atoms with E-state index in [1.165, 1.54) is 122 Å². The van der Waals surface area contributed by atoms with E-state index in [1.54, 1.807) is 110 Å². The zero-order valence-electron chi connectivity index (χ0n) is 81.6. The van der Waals surface area contributed by atoms with Crippen LogP contribution in [0.3, 0.4) is 0 Å². The number of hydrogen-bond donors (Lipinski definition) is 4. The number of halogens is 4. The highest BCUT2D eigenvalue weighted by Crippen LogP contribution is 2.44. The van der Waals surface area contributed by atoms with Crippen molar-refractivity contribution in [2.45, 2.75) is 131 Å². The molecule has 4 N–H and O–H groups in total. The summed E-state index contributed by atoms with van der Waals surface area (Å²) in [6.45, 7) is 11.1. The molecule has 6 aromatic carbocycles. The van der Waals surface area contributed by atoms with E-state index in [2.05, 4.69) is 30.6 Å². The Labute approximate surface area is 832 Å². The molecule has 18 rings (SSSR count). The summed E-state index contributed by atoms with van der Waals surface area (Å²) in [7, 11) is 8.05. The first-order chi connectivity index (χ1) is 70.2. The number of nitrogens with one attached hydrogen (secondary N) is 2. The van der Waals surface area contributed by atoms with E-state index in [0.29, 0.717) is 88.5 Å². The zero-order valence-corrected chi connectivity index (χ0v) is 81.6. The fourth-order valence-electron chi connectivity index (χ4n) is 17.4. The number of ether oxygens (including phenoxy) is 9. The van der Waals surface area contributed by atoms with Crippen LogP contribution in [0.1, 0.15) is 139 Å². The van der Waals surface area contributed by atoms with Gasteiger partial charge in [-0.3, -0.25) is 76.6 Å². The van der Waals surface area contributed by atoms with Crippen LogP contribution < -0.4 is 61.3 Å². The first-order valence-electron chi connectivity index (χ1n) is 46.9. The highest BCUT2D eigenvalue weighted by molar-refractivity contribution is 6.04. The van der Waals surface area contributed by atoms with Crippen molar-refractivity contribution in [3.05, 3.63) is 325 Å². The first-order valence-corrected chi connectivity index (χ1v) is 46.9. The van der Waals surface area contributed by atoms with E-state index in [4.69, 9.17) is 42.6 Å². The third-order valence-electron chi connectivity index (χ3n) is 24.8. The Morgan fingerprint density at radius 2 is 0.644 bits per heavy atom. The summed E-state index contributed by atoms with van der Waals surface area (Å²) in [6.07, 6.45) is 5.54. The Kier molecular flexibility index (Phi) is 32.3. The molecule has 146 heavy (non-hydrogen) atoms. The Bertz CT molecular complexity index is 7610. The largest absolute Gasteiger partial charge is 0.505 e. The number of carbonyl (C=O) groups is 7. The van der Waals surface area contributed by atoms with Gasteiger partial charge in [-0.1, -0.05) is 109 Å². The van der Waals surface area contributed by atoms with E-state index in [0.717, 1.165) is 38.9 Å². The van der Waals surface area contributed by atoms with Crippen LogP contribution in [-0.4, -0.2) is 210 Å². The zero-order chi connectivity index (χ0) is 104. The van der Waals surface area contributed by atoms with Crippen molar-refractivity contribution >= 4 is 85.7 Å². The monoisotopic (exact) mass is 2000 g/mol. The predicted octanol–water partition coefficient (Wildman–Crippen LogP) is 11.7. The fourth-order valence-corrected chi connectivity index (χ4v) is 17.4. The summed E-state index contributed by atoms with van der Waals surface area (Å²) in [5, 5.41) is 26.9. The molecule has 0 aliphatic carbocycles. The summed E-state index contributed by atoms with van der Waals surface area (Å²) in [6, 6.07) is 43.0. The molecule has 0 radical (unpaired) electrons. The maximum Gasteiger partial charge on any atom is 0.347 e. The van der Waals surface area contributed by atoms with Crippen molar-refractivity contribution < 1.29 is 104 Å². The smallest absolute Gasteiger partial charge is 0.347 e. The van der Waals surface area contributed by atoms with Crippen molar-refractivity contribution in [2.24, 2.45) is 0 Å². The number of hydrogen-bond acceptors (Lipinski definition) is 27. The number of carbonyl (C=O) groups excluding carboxylic acids is 7. The summed E-state index contributed by atoms with van der Waals surface area (Å²) >= 11 is 0. The average molecular weight is 2000 g/mol. The van der Waals surface area contributed by atoms with Crippen LogP contribution in [0, 0.1) is 23.3 Å². The van der Waals surface area contributed by atoms with Crippen molar-refractivity contribution in [2.75, 3.05) is 81.2 Å². The van der Waals surface area contributed by atoms with Crippen LogP contribution in [0.5, 0.6) is 46.0 Å². The standard InChI is InChI=1S/C31H30FN3O6.C29H28FN3O5.C24H24FN3O6.C23H23FN4O5/c1-4-39-31(38)25-29(40-18-21-8-6-5-7-9-21)26-27-28(22(15-33-26)14-20-10-12-23(32)13-11-20)41-24(16-34(3)19(2)36)17-35(27)30(25)37;1-3-36-29(35)23-27(37-17-19-7-5-4-6-8-19)24-25-26(38-22(15-31-2)16-33(25)28(23)34)20(14-32-24)13-18-9-11-21(30)12-10-18;1-4-33-24(32)18-21(30)19-20-22(15(10-26-19)9-14-5-7-16(25)8-6-14)34-17(11-27(3)13(2)29)12-28(20)23(18)31;1-12(29)27(3)10-16-11-28-19-18(20(30)17(23(28)32)22(31)25-2)26-9-14(21(19)33-16)8-13-4-6-15(24)7-5-13/h5-13,15,24H,4,14,16-18H2,1-3H3;4-12,14,22,31H,3,13,15-17H2,1-2H3;5-8,10,17,30H,4,9,11-12H2,1-3H3;4-7,9,16,30H,8,10-11H2,1-3H3,(H,25,31)/t24-;22-;17-;16-/m0000/s1. The number of pyridine rings is 8. The van der Waals surface area contributed by atoms with Gasteiger partial charge in [0.05, 0.1) is 65.6 Å². The molecule has 14 aromatic rings. The van der Waals surface area contributed by atoms with Gasteiger partial charge in [-0.25, -0.2) is 31.9 Å². The van der Waals surface area contributed by atoms with E-state index in [1.807, 2.05) is 60.7 Å². The second kappa shape index (κ2) is 45.6. The van der Waals surface area contributed by atoms with E-state index in [9.17, 15) is 80.5 Å². The summed E-state index contributed by atoms with van der Waals surface area (Å²) in [5.41, 5.74) is 5.74. The lowest BCUT2D eigenvalue weighted by atomic mass is 10.0. The molecular weight excluding hydrogens is 1900 g/mol. The van der Waals surface area contributed by atoms with Crippen molar-refractivity contribution in [1.29, 1.82) is 0 Å². The van der Waals surface area contributed by atoms with Gasteiger partial charge in [-0.05, 0) is 110 Å². The van der Waals surface area contributed by atoms with Gasteiger partial charge in [0.2, 0.25) is 17.7 Å². The van der Waals surface area contributed by atoms with Crippen LogP contribution in [0.25, 0.3) is 44.1 Å². The number of benzene rings is 6. The van der Waals surface area contributed by atoms with Gasteiger partial charge in [-0.2, -0.15) is 0 Å². The molecule has 0 spiro atoms. The van der Waals surface area contributed by atoms with Gasteiger partial charge >= 0.3 is 17.9 Å². The molecule has 0 saturated carbocycles. The Balaban J connectivity index is 0.000000147. The van der Waals surface area contributed by atoms with Gasteiger partial charge in [0, 0.05) is 128 Å². The number of esters is 3. The van der Waals surface area contributed by atoms with Crippen LogP contribution in [0.2, 0.25) is 0 Å². The molecule has 39 heteroatoms. The highest BCUT2D eigenvalue weighted by atomic mass is 19.1. The summed E-state index contributed by atoms with van der Waals surface area (Å²) in [5.74, 6) is -4.65. The summed E-state index contributed by atoms with van der Waals surface area (Å²) < 4.78 is 112. The van der Waals surface area contributed by atoms with Gasteiger partial charge in [-0.15, -0.1) is 0 Å². The second-order valence-corrected chi connectivity index (χ2v) is 35.0. The maximum atomic E-state index is 14.0. The number of aromatic nitrogens is 8. The Morgan fingerprint density at radius 3 is 0.938 bits per heavy atom.